The van der Waals surface area contributed by atoms with E-state index in [-0.39, 0.29) is 36.6 Å². The molecule has 3 aromatic rings. The van der Waals surface area contributed by atoms with E-state index < -0.39 is 0 Å². The first-order chi connectivity index (χ1) is 15.4. The van der Waals surface area contributed by atoms with Gasteiger partial charge in [0.1, 0.15) is 6.61 Å². The normalized spacial score (nSPS) is 10.6. The number of amides is 2. The molecule has 168 valence electrons. The van der Waals surface area contributed by atoms with E-state index in [1.54, 1.807) is 22.4 Å². The number of nitrogens with one attached hydrogen (secondary N) is 1. The number of aromatic nitrogens is 1. The van der Waals surface area contributed by atoms with Crippen LogP contribution in [0.3, 0.4) is 0 Å². The molecule has 2 amide bonds. The molecule has 0 bridgehead atoms. The van der Waals surface area contributed by atoms with Gasteiger partial charge in [0.2, 0.25) is 5.91 Å². The van der Waals surface area contributed by atoms with Gasteiger partial charge in [-0.3, -0.25) is 19.3 Å². The average Bonchev–Trinajstić information content (AvgIpc) is 3.45. The molecule has 0 atom stereocenters. The molecule has 0 unspecified atom stereocenters. The second-order valence-corrected chi connectivity index (χ2v) is 8.03. The molecule has 8 nitrogen and oxygen atoms in total. The predicted octanol–water partition coefficient (Wildman–Crippen LogP) is 4.29. The summed E-state index contributed by atoms with van der Waals surface area (Å²) in [4.78, 5) is 42.1. The summed E-state index contributed by atoms with van der Waals surface area (Å²) in [5.41, 5.74) is 3.44. The highest BCUT2D eigenvalue weighted by Gasteiger charge is 2.20. The Labute approximate surface area is 190 Å². The zero-order valence-electron chi connectivity index (χ0n) is 18.2. The average molecular weight is 456 g/mol. The highest BCUT2D eigenvalue weighted by Crippen LogP contribution is 2.32. The first-order valence-electron chi connectivity index (χ1n) is 10.2. The SMILES string of the molecule is CC(=O)N(c1nc(COC(=O)CCCNC(=O)c2ccco2)cs1)c1cccc(C)c1C. The smallest absolute Gasteiger partial charge is 0.306 e. The molecule has 0 saturated heterocycles. The number of aryl methyl sites for hydroxylation is 1. The lowest BCUT2D eigenvalue weighted by Gasteiger charge is -2.21. The molecular formula is C23H25N3O5S. The number of thiazole rings is 1. The second kappa shape index (κ2) is 10.7. The predicted molar refractivity (Wildman–Crippen MR) is 121 cm³/mol. The van der Waals surface area contributed by atoms with Crippen LogP contribution in [0.4, 0.5) is 10.8 Å². The van der Waals surface area contributed by atoms with Gasteiger partial charge < -0.3 is 14.5 Å². The minimum absolute atomic E-state index is 0.0205. The summed E-state index contributed by atoms with van der Waals surface area (Å²) in [6.07, 6.45) is 2.03. The minimum Gasteiger partial charge on any atom is -0.459 e. The number of anilines is 2. The maximum atomic E-state index is 12.3. The molecule has 0 saturated carbocycles. The standard InChI is InChI=1S/C23H25N3O5S/c1-15-7-4-8-19(16(15)2)26(17(3)27)23-25-18(14-32-23)13-31-21(28)10-5-11-24-22(29)20-9-6-12-30-20/h4,6-9,12,14H,5,10-11,13H2,1-3H3,(H,24,29). The van der Waals surface area contributed by atoms with Gasteiger partial charge >= 0.3 is 5.97 Å². The van der Waals surface area contributed by atoms with Gasteiger partial charge in [-0.05, 0) is 49.6 Å². The van der Waals surface area contributed by atoms with Crippen LogP contribution in [0.2, 0.25) is 0 Å². The van der Waals surface area contributed by atoms with Crippen molar-refractivity contribution in [2.24, 2.45) is 0 Å². The first-order valence-corrected chi connectivity index (χ1v) is 11.0. The molecule has 0 aliphatic carbocycles. The van der Waals surface area contributed by atoms with Gasteiger partial charge in [0.15, 0.2) is 10.9 Å². The van der Waals surface area contributed by atoms with Crippen molar-refractivity contribution in [3.05, 3.63) is 64.6 Å². The fourth-order valence-corrected chi connectivity index (χ4v) is 3.87. The van der Waals surface area contributed by atoms with Gasteiger partial charge in [0, 0.05) is 25.3 Å². The number of rotatable bonds is 9. The van der Waals surface area contributed by atoms with Crippen molar-refractivity contribution < 1.29 is 23.5 Å². The Balaban J connectivity index is 1.50. The molecule has 0 aliphatic heterocycles. The Morgan fingerprint density at radius 2 is 2.00 bits per heavy atom. The van der Waals surface area contributed by atoms with E-state index in [0.29, 0.717) is 23.8 Å². The van der Waals surface area contributed by atoms with Gasteiger partial charge in [-0.25, -0.2) is 4.98 Å². The van der Waals surface area contributed by atoms with Crippen LogP contribution >= 0.6 is 11.3 Å². The molecule has 9 heteroatoms. The number of ether oxygens (including phenoxy) is 1. The molecule has 0 aliphatic rings. The highest BCUT2D eigenvalue weighted by molar-refractivity contribution is 7.14. The van der Waals surface area contributed by atoms with E-state index >= 15 is 0 Å². The highest BCUT2D eigenvalue weighted by atomic mass is 32.1. The molecule has 2 heterocycles. The number of benzene rings is 1. The molecule has 0 spiro atoms. The van der Waals surface area contributed by atoms with E-state index in [0.717, 1.165) is 16.8 Å². The van der Waals surface area contributed by atoms with E-state index in [2.05, 4.69) is 10.3 Å². The second-order valence-electron chi connectivity index (χ2n) is 7.19. The summed E-state index contributed by atoms with van der Waals surface area (Å²) in [5.74, 6) is -0.623. The van der Waals surface area contributed by atoms with E-state index in [1.165, 1.54) is 24.5 Å². The maximum absolute atomic E-state index is 12.3. The lowest BCUT2D eigenvalue weighted by Crippen LogP contribution is -2.24. The number of esters is 1. The zero-order chi connectivity index (χ0) is 23.1. The van der Waals surface area contributed by atoms with Crippen LogP contribution in [0.15, 0.2) is 46.4 Å². The Hall–Kier alpha value is -3.46. The number of carbonyl (C=O) groups excluding carboxylic acids is 3. The van der Waals surface area contributed by atoms with Crippen LogP contribution in [0, 0.1) is 13.8 Å². The summed E-state index contributed by atoms with van der Waals surface area (Å²) in [5, 5.41) is 4.97. The topological polar surface area (TPSA) is 102 Å². The molecule has 0 fully saturated rings. The molecule has 32 heavy (non-hydrogen) atoms. The maximum Gasteiger partial charge on any atom is 0.306 e. The van der Waals surface area contributed by atoms with Crippen molar-refractivity contribution in [1.29, 1.82) is 0 Å². The van der Waals surface area contributed by atoms with Gasteiger partial charge in [-0.1, -0.05) is 12.1 Å². The van der Waals surface area contributed by atoms with Crippen molar-refractivity contribution in [2.45, 2.75) is 40.2 Å². The fraction of sp³-hybridized carbons (Fsp3) is 0.304. The van der Waals surface area contributed by atoms with E-state index in [9.17, 15) is 14.4 Å². The Morgan fingerprint density at radius 1 is 1.19 bits per heavy atom. The Kier molecular flexibility index (Phi) is 7.77. The lowest BCUT2D eigenvalue weighted by atomic mass is 10.1. The van der Waals surface area contributed by atoms with Crippen molar-refractivity contribution in [3.63, 3.8) is 0 Å². The lowest BCUT2D eigenvalue weighted by molar-refractivity contribution is -0.145. The van der Waals surface area contributed by atoms with Gasteiger partial charge in [-0.15, -0.1) is 11.3 Å². The summed E-state index contributed by atoms with van der Waals surface area (Å²) in [7, 11) is 0. The van der Waals surface area contributed by atoms with Gasteiger partial charge in [0.05, 0.1) is 17.6 Å². The van der Waals surface area contributed by atoms with Gasteiger partial charge in [-0.2, -0.15) is 0 Å². The van der Waals surface area contributed by atoms with Crippen LogP contribution in [-0.2, 0) is 20.9 Å². The van der Waals surface area contributed by atoms with Crippen molar-refractivity contribution >= 4 is 39.9 Å². The zero-order valence-corrected chi connectivity index (χ0v) is 19.0. The molecule has 0 radical (unpaired) electrons. The molecule has 3 rings (SSSR count). The Bertz CT molecular complexity index is 1090. The third-order valence-corrected chi connectivity index (χ3v) is 5.71. The first kappa shape index (κ1) is 23.2. The van der Waals surface area contributed by atoms with Crippen LogP contribution in [-0.4, -0.2) is 29.3 Å². The third kappa shape index (κ3) is 5.82. The summed E-state index contributed by atoms with van der Waals surface area (Å²) < 4.78 is 10.3. The van der Waals surface area contributed by atoms with Crippen LogP contribution < -0.4 is 10.2 Å². The molecular weight excluding hydrogens is 430 g/mol. The third-order valence-electron chi connectivity index (χ3n) is 4.83. The fourth-order valence-electron chi connectivity index (χ4n) is 3.01. The number of hydrogen-bond acceptors (Lipinski definition) is 7. The quantitative estimate of drug-likeness (QED) is 0.381. The number of carbonyl (C=O) groups is 3. The van der Waals surface area contributed by atoms with Crippen molar-refractivity contribution in [2.75, 3.05) is 11.4 Å². The number of furan rings is 1. The molecule has 1 N–H and O–H groups in total. The summed E-state index contributed by atoms with van der Waals surface area (Å²) in [6, 6.07) is 8.98. The Morgan fingerprint density at radius 3 is 2.72 bits per heavy atom. The number of nitrogens with zero attached hydrogens (tertiary/aromatic N) is 2. The van der Waals surface area contributed by atoms with Gasteiger partial charge in [0.25, 0.3) is 5.91 Å². The minimum atomic E-state index is -0.384. The number of hydrogen-bond donors (Lipinski definition) is 1. The summed E-state index contributed by atoms with van der Waals surface area (Å²) in [6.45, 7) is 5.80. The van der Waals surface area contributed by atoms with Crippen LogP contribution in [0.1, 0.15) is 47.1 Å². The molecule has 1 aromatic carbocycles. The summed E-state index contributed by atoms with van der Waals surface area (Å²) >= 11 is 1.32. The largest absolute Gasteiger partial charge is 0.459 e. The molecule has 2 aromatic heterocycles. The monoisotopic (exact) mass is 455 g/mol. The van der Waals surface area contributed by atoms with Crippen LogP contribution in [0.5, 0.6) is 0 Å². The van der Waals surface area contributed by atoms with E-state index in [1.807, 2.05) is 32.0 Å². The van der Waals surface area contributed by atoms with E-state index in [4.69, 9.17) is 9.15 Å². The van der Waals surface area contributed by atoms with Crippen molar-refractivity contribution in [3.8, 4) is 0 Å². The van der Waals surface area contributed by atoms with Crippen LogP contribution in [0.25, 0.3) is 0 Å². The van der Waals surface area contributed by atoms with Crippen molar-refractivity contribution in [1.82, 2.24) is 10.3 Å².